The van der Waals surface area contributed by atoms with Gasteiger partial charge in [-0.3, -0.25) is 10.1 Å². The Hall–Kier alpha value is -2.16. The van der Waals surface area contributed by atoms with E-state index in [0.29, 0.717) is 5.56 Å². The van der Waals surface area contributed by atoms with Crippen molar-refractivity contribution in [1.82, 2.24) is 4.98 Å². The van der Waals surface area contributed by atoms with Gasteiger partial charge in [0.15, 0.2) is 0 Å². The Bertz CT molecular complexity index is 408. The van der Waals surface area contributed by atoms with E-state index < -0.39 is 4.92 Å². The lowest BCUT2D eigenvalue weighted by atomic mass is 10.2. The third kappa shape index (κ3) is 1.39. The van der Waals surface area contributed by atoms with Crippen molar-refractivity contribution < 1.29 is 4.92 Å². The normalized spacial score (nSPS) is 9.23. The lowest BCUT2D eigenvalue weighted by Gasteiger charge is -2.00. The number of hydrogen-bond acceptors (Lipinski definition) is 5. The van der Waals surface area contributed by atoms with Crippen LogP contribution in [0.4, 0.5) is 11.4 Å². The van der Waals surface area contributed by atoms with E-state index in [9.17, 15) is 10.1 Å². The van der Waals surface area contributed by atoms with Gasteiger partial charge >= 0.3 is 5.69 Å². The third-order valence-electron chi connectivity index (χ3n) is 1.65. The number of nitrogen functional groups attached to an aromatic ring is 1. The van der Waals surface area contributed by atoms with Crippen LogP contribution in [0.5, 0.6) is 0 Å². The summed E-state index contributed by atoms with van der Waals surface area (Å²) in [4.78, 5) is 13.3. The number of rotatable bonds is 1. The van der Waals surface area contributed by atoms with E-state index in [0.717, 1.165) is 6.20 Å². The minimum absolute atomic E-state index is 0.00319. The van der Waals surface area contributed by atoms with Crippen LogP contribution in [-0.2, 0) is 0 Å². The number of nitro groups is 1. The Balaban J connectivity index is 3.42. The first-order valence-electron chi connectivity index (χ1n) is 3.37. The van der Waals surface area contributed by atoms with Crippen LogP contribution in [-0.4, -0.2) is 9.91 Å². The summed E-state index contributed by atoms with van der Waals surface area (Å²) in [6.07, 6.45) is 0.987. The lowest BCUT2D eigenvalue weighted by Crippen LogP contribution is -2.01. The van der Waals surface area contributed by atoms with Gasteiger partial charge in [-0.05, 0) is 6.92 Å². The van der Waals surface area contributed by atoms with Gasteiger partial charge in [-0.1, -0.05) is 0 Å². The van der Waals surface area contributed by atoms with Crippen molar-refractivity contribution in [3.63, 3.8) is 0 Å². The molecule has 1 aromatic heterocycles. The van der Waals surface area contributed by atoms with Gasteiger partial charge in [0.05, 0.1) is 4.92 Å². The summed E-state index contributed by atoms with van der Waals surface area (Å²) in [6.45, 7) is 1.52. The van der Waals surface area contributed by atoms with Crippen molar-refractivity contribution in [2.24, 2.45) is 0 Å². The zero-order chi connectivity index (χ0) is 10.0. The number of nitriles is 1. The van der Waals surface area contributed by atoms with Crippen LogP contribution in [0.2, 0.25) is 0 Å². The molecule has 0 aliphatic heterocycles. The van der Waals surface area contributed by atoms with E-state index in [1.54, 1.807) is 6.07 Å². The monoisotopic (exact) mass is 178 g/mol. The molecule has 0 saturated heterocycles. The Kier molecular flexibility index (Phi) is 2.11. The van der Waals surface area contributed by atoms with Crippen LogP contribution < -0.4 is 5.73 Å². The molecule has 0 aliphatic rings. The number of pyridine rings is 1. The zero-order valence-corrected chi connectivity index (χ0v) is 6.81. The molecule has 0 saturated carbocycles. The number of nitrogens with zero attached hydrogens (tertiary/aromatic N) is 3. The standard InChI is InChI=1S/C7H6N4O2/c1-4-5(2-8)10-3-6(7(4)9)11(12)13/h3H,1H3,(H2,9,10). The Morgan fingerprint density at radius 3 is 2.85 bits per heavy atom. The SMILES string of the molecule is Cc1c(C#N)ncc([N+](=O)[O-])c1N. The molecule has 1 heterocycles. The topological polar surface area (TPSA) is 106 Å². The molecule has 0 bridgehead atoms. The molecule has 2 N–H and O–H groups in total. The zero-order valence-electron chi connectivity index (χ0n) is 6.81. The van der Waals surface area contributed by atoms with Gasteiger partial charge in [-0.2, -0.15) is 5.26 Å². The van der Waals surface area contributed by atoms with Gasteiger partial charge in [0, 0.05) is 5.56 Å². The fourth-order valence-electron chi connectivity index (χ4n) is 0.870. The highest BCUT2D eigenvalue weighted by Gasteiger charge is 2.16. The van der Waals surface area contributed by atoms with Crippen molar-refractivity contribution in [2.75, 3.05) is 5.73 Å². The van der Waals surface area contributed by atoms with Gasteiger partial charge in [0.1, 0.15) is 23.6 Å². The highest BCUT2D eigenvalue weighted by molar-refractivity contribution is 5.64. The quantitative estimate of drug-likeness (QED) is 0.504. The van der Waals surface area contributed by atoms with Crippen molar-refractivity contribution in [1.29, 1.82) is 5.26 Å². The number of nitrogens with two attached hydrogens (primary N) is 1. The Morgan fingerprint density at radius 2 is 2.38 bits per heavy atom. The lowest BCUT2D eigenvalue weighted by molar-refractivity contribution is -0.384. The van der Waals surface area contributed by atoms with Crippen molar-refractivity contribution >= 4 is 11.4 Å². The molecule has 66 valence electrons. The van der Waals surface area contributed by atoms with E-state index in [4.69, 9.17) is 11.0 Å². The van der Waals surface area contributed by atoms with E-state index in [1.165, 1.54) is 6.92 Å². The summed E-state index contributed by atoms with van der Waals surface area (Å²) in [7, 11) is 0. The molecule has 13 heavy (non-hydrogen) atoms. The molecule has 1 rings (SSSR count). The number of aromatic nitrogens is 1. The van der Waals surface area contributed by atoms with E-state index in [1.807, 2.05) is 0 Å². The van der Waals surface area contributed by atoms with Crippen molar-refractivity contribution in [3.8, 4) is 6.07 Å². The minimum atomic E-state index is -0.628. The molecule has 0 amide bonds. The average Bonchev–Trinajstić information content (AvgIpc) is 2.09. The summed E-state index contributed by atoms with van der Waals surface area (Å²) < 4.78 is 0. The van der Waals surface area contributed by atoms with Crippen molar-refractivity contribution in [3.05, 3.63) is 27.6 Å². The average molecular weight is 178 g/mol. The molecule has 1 aromatic rings. The van der Waals surface area contributed by atoms with Crippen LogP contribution in [0.25, 0.3) is 0 Å². The van der Waals surface area contributed by atoms with Crippen LogP contribution in [0.15, 0.2) is 6.20 Å². The third-order valence-corrected chi connectivity index (χ3v) is 1.65. The predicted molar refractivity (Wildman–Crippen MR) is 44.8 cm³/mol. The first kappa shape index (κ1) is 8.93. The Morgan fingerprint density at radius 1 is 1.77 bits per heavy atom. The fourth-order valence-corrected chi connectivity index (χ4v) is 0.870. The van der Waals surface area contributed by atoms with Gasteiger partial charge in [-0.25, -0.2) is 4.98 Å². The van der Waals surface area contributed by atoms with Crippen LogP contribution >= 0.6 is 0 Å². The second kappa shape index (κ2) is 3.06. The molecule has 6 nitrogen and oxygen atoms in total. The molecule has 6 heteroatoms. The van der Waals surface area contributed by atoms with E-state index >= 15 is 0 Å². The molecule has 0 fully saturated rings. The molecule has 0 unspecified atom stereocenters. The maximum Gasteiger partial charge on any atom is 0.310 e. The largest absolute Gasteiger partial charge is 0.393 e. The van der Waals surface area contributed by atoms with Gasteiger partial charge in [-0.15, -0.1) is 0 Å². The molecule has 0 atom stereocenters. The summed E-state index contributed by atoms with van der Waals surface area (Å²) in [5.41, 5.74) is 5.61. The van der Waals surface area contributed by atoms with Crippen molar-refractivity contribution in [2.45, 2.75) is 6.92 Å². The first-order valence-corrected chi connectivity index (χ1v) is 3.37. The Labute approximate surface area is 73.8 Å². The molecule has 0 aliphatic carbocycles. The first-order chi connectivity index (χ1) is 6.07. The minimum Gasteiger partial charge on any atom is -0.393 e. The van der Waals surface area contributed by atoms with E-state index in [-0.39, 0.29) is 17.1 Å². The fraction of sp³-hybridized carbons (Fsp3) is 0.143. The molecular weight excluding hydrogens is 172 g/mol. The van der Waals surface area contributed by atoms with Crippen LogP contribution in [0.3, 0.4) is 0 Å². The van der Waals surface area contributed by atoms with E-state index in [2.05, 4.69) is 4.98 Å². The summed E-state index contributed by atoms with van der Waals surface area (Å²) in [5.74, 6) is 0. The second-order valence-electron chi connectivity index (χ2n) is 2.40. The maximum atomic E-state index is 10.4. The molecule has 0 radical (unpaired) electrons. The molecule has 0 aromatic carbocycles. The maximum absolute atomic E-state index is 10.4. The number of hydrogen-bond donors (Lipinski definition) is 1. The smallest absolute Gasteiger partial charge is 0.310 e. The van der Waals surface area contributed by atoms with Crippen LogP contribution in [0, 0.1) is 28.4 Å². The highest BCUT2D eigenvalue weighted by Crippen LogP contribution is 2.24. The predicted octanol–water partition coefficient (Wildman–Crippen LogP) is 0.752. The van der Waals surface area contributed by atoms with Gasteiger partial charge < -0.3 is 5.73 Å². The summed E-state index contributed by atoms with van der Waals surface area (Å²) >= 11 is 0. The molecule has 0 spiro atoms. The summed E-state index contributed by atoms with van der Waals surface area (Å²) in [6, 6.07) is 1.79. The van der Waals surface area contributed by atoms with Gasteiger partial charge in [0.2, 0.25) is 0 Å². The number of anilines is 1. The highest BCUT2D eigenvalue weighted by atomic mass is 16.6. The molecular formula is C7H6N4O2. The van der Waals surface area contributed by atoms with Gasteiger partial charge in [0.25, 0.3) is 0 Å². The summed E-state index contributed by atoms with van der Waals surface area (Å²) in [5, 5.41) is 18.9. The van der Waals surface area contributed by atoms with Crippen LogP contribution in [0.1, 0.15) is 11.3 Å². The second-order valence-corrected chi connectivity index (χ2v) is 2.40.